The molecule has 25 heavy (non-hydrogen) atoms. The molecule has 1 aliphatic heterocycles. The van der Waals surface area contributed by atoms with E-state index in [1.807, 2.05) is 6.07 Å². The number of sulfonamides is 1. The maximum Gasteiger partial charge on any atom is 0.225 e. The Hall–Kier alpha value is -1.47. The van der Waals surface area contributed by atoms with E-state index in [0.717, 1.165) is 37.7 Å². The molecule has 0 spiro atoms. The van der Waals surface area contributed by atoms with Gasteiger partial charge in [-0.1, -0.05) is 18.9 Å². The van der Waals surface area contributed by atoms with Gasteiger partial charge in [-0.05, 0) is 37.3 Å². The Balaban J connectivity index is 1.65. The Kier molecular flexibility index (Phi) is 5.74. The summed E-state index contributed by atoms with van der Waals surface area (Å²) in [5.74, 6) is 0.266. The summed E-state index contributed by atoms with van der Waals surface area (Å²) in [6.07, 6.45) is 8.85. The molecule has 3 rings (SSSR count). The van der Waals surface area contributed by atoms with Crippen LogP contribution in [0.1, 0.15) is 44.1 Å². The van der Waals surface area contributed by atoms with E-state index in [1.165, 1.54) is 4.31 Å². The number of amides is 1. The highest BCUT2D eigenvalue weighted by atomic mass is 32.2. The molecule has 1 atom stereocenters. The van der Waals surface area contributed by atoms with Gasteiger partial charge in [0, 0.05) is 45.0 Å². The fourth-order valence-corrected chi connectivity index (χ4v) is 5.58. The maximum atomic E-state index is 12.9. The molecule has 0 unspecified atom stereocenters. The van der Waals surface area contributed by atoms with Crippen molar-refractivity contribution >= 4 is 15.9 Å². The lowest BCUT2D eigenvalue weighted by atomic mass is 10.0. The Morgan fingerprint density at radius 3 is 2.72 bits per heavy atom. The zero-order chi connectivity index (χ0) is 17.9. The molecule has 0 bridgehead atoms. The minimum Gasteiger partial charge on any atom is -0.341 e. The molecule has 0 N–H and O–H groups in total. The highest BCUT2D eigenvalue weighted by Gasteiger charge is 2.37. The summed E-state index contributed by atoms with van der Waals surface area (Å²) in [6.45, 7) is 1.33. The molecule has 6 nitrogen and oxygen atoms in total. The number of hydrogen-bond acceptors (Lipinski definition) is 4. The lowest BCUT2D eigenvalue weighted by molar-refractivity contribution is -0.136. The van der Waals surface area contributed by atoms with Crippen LogP contribution in [0.4, 0.5) is 0 Å². The summed E-state index contributed by atoms with van der Waals surface area (Å²) in [5, 5.41) is -0.506. The molecule has 138 valence electrons. The Morgan fingerprint density at radius 2 is 2.04 bits per heavy atom. The van der Waals surface area contributed by atoms with Crippen molar-refractivity contribution in [3.05, 3.63) is 30.1 Å². The van der Waals surface area contributed by atoms with Crippen molar-refractivity contribution in [2.45, 2.75) is 50.3 Å². The molecular formula is C18H27N3O3S. The molecule has 1 saturated heterocycles. The van der Waals surface area contributed by atoms with Gasteiger partial charge in [0.2, 0.25) is 15.9 Å². The van der Waals surface area contributed by atoms with Crippen LogP contribution in [0.25, 0.3) is 0 Å². The third-order valence-corrected chi connectivity index (χ3v) is 7.60. The number of rotatable bonds is 5. The van der Waals surface area contributed by atoms with Gasteiger partial charge in [0.25, 0.3) is 0 Å². The zero-order valence-corrected chi connectivity index (χ0v) is 15.6. The second-order valence-electron chi connectivity index (χ2n) is 7.19. The Bertz CT molecular complexity index is 687. The zero-order valence-electron chi connectivity index (χ0n) is 14.8. The number of carbonyl (C=O) groups is 1. The first-order valence-electron chi connectivity index (χ1n) is 9.11. The molecule has 2 fully saturated rings. The van der Waals surface area contributed by atoms with Gasteiger partial charge in [-0.15, -0.1) is 0 Å². The molecule has 2 aliphatic rings. The second-order valence-corrected chi connectivity index (χ2v) is 9.51. The van der Waals surface area contributed by atoms with Gasteiger partial charge in [-0.25, -0.2) is 12.7 Å². The van der Waals surface area contributed by atoms with Crippen molar-refractivity contribution < 1.29 is 13.2 Å². The normalized spacial score (nSPS) is 22.5. The van der Waals surface area contributed by atoms with E-state index >= 15 is 0 Å². The van der Waals surface area contributed by atoms with Crippen LogP contribution >= 0.6 is 0 Å². The summed E-state index contributed by atoms with van der Waals surface area (Å²) < 4.78 is 27.3. The summed E-state index contributed by atoms with van der Waals surface area (Å²) in [4.78, 5) is 18.5. The van der Waals surface area contributed by atoms with Gasteiger partial charge in [0.15, 0.2) is 0 Å². The summed E-state index contributed by atoms with van der Waals surface area (Å²) in [5.41, 5.74) is 0.864. The summed E-state index contributed by atoms with van der Waals surface area (Å²) in [6, 6.07) is 3.67. The van der Waals surface area contributed by atoms with E-state index in [1.54, 1.807) is 30.4 Å². The van der Waals surface area contributed by atoms with Crippen LogP contribution in [0.5, 0.6) is 0 Å². The Morgan fingerprint density at radius 1 is 1.28 bits per heavy atom. The van der Waals surface area contributed by atoms with Crippen molar-refractivity contribution in [2.75, 3.05) is 20.1 Å². The van der Waals surface area contributed by atoms with E-state index in [4.69, 9.17) is 0 Å². The average Bonchev–Trinajstić information content (AvgIpc) is 3.16. The third kappa shape index (κ3) is 4.20. The van der Waals surface area contributed by atoms with Crippen LogP contribution in [-0.2, 0) is 21.4 Å². The molecular weight excluding hydrogens is 338 g/mol. The average molecular weight is 365 g/mol. The van der Waals surface area contributed by atoms with Crippen LogP contribution in [-0.4, -0.2) is 53.9 Å². The number of carbonyl (C=O) groups excluding carboxylic acids is 1. The molecule has 1 amide bonds. The predicted molar refractivity (Wildman–Crippen MR) is 96.2 cm³/mol. The second kappa shape index (κ2) is 7.83. The van der Waals surface area contributed by atoms with Gasteiger partial charge < -0.3 is 4.90 Å². The molecule has 1 aromatic heterocycles. The first kappa shape index (κ1) is 18.3. The van der Waals surface area contributed by atoms with E-state index < -0.39 is 15.3 Å². The standard InChI is InChI=1S/C18H27N3O3S/c1-20(13-15-6-4-10-19-12-15)25(23,24)17-9-5-11-21(14-17)18(22)16-7-2-3-8-16/h4,6,10,12,16-17H,2-3,5,7-9,11,13-14H2,1H3/t17-/m1/s1. The van der Waals surface area contributed by atoms with Crippen LogP contribution in [0, 0.1) is 5.92 Å². The topological polar surface area (TPSA) is 70.6 Å². The largest absolute Gasteiger partial charge is 0.341 e. The van der Waals surface area contributed by atoms with E-state index in [-0.39, 0.29) is 11.8 Å². The summed E-state index contributed by atoms with van der Waals surface area (Å²) in [7, 11) is -1.83. The van der Waals surface area contributed by atoms with Crippen molar-refractivity contribution in [3.63, 3.8) is 0 Å². The maximum absolute atomic E-state index is 12.9. The predicted octanol–water partition coefficient (Wildman–Crippen LogP) is 2.02. The van der Waals surface area contributed by atoms with Gasteiger partial charge in [0.05, 0.1) is 5.25 Å². The number of likely N-dealkylation sites (tertiary alicyclic amines) is 1. The van der Waals surface area contributed by atoms with Crippen molar-refractivity contribution in [1.29, 1.82) is 0 Å². The molecule has 2 heterocycles. The molecule has 1 aliphatic carbocycles. The van der Waals surface area contributed by atoms with Crippen LogP contribution in [0.2, 0.25) is 0 Å². The number of nitrogens with zero attached hydrogens (tertiary/aromatic N) is 3. The molecule has 1 aromatic rings. The monoisotopic (exact) mass is 365 g/mol. The number of pyridine rings is 1. The van der Waals surface area contributed by atoms with Gasteiger partial charge in [-0.3, -0.25) is 9.78 Å². The van der Waals surface area contributed by atoms with Gasteiger partial charge in [0.1, 0.15) is 0 Å². The highest BCUT2D eigenvalue weighted by Crippen LogP contribution is 2.29. The van der Waals surface area contributed by atoms with Crippen LogP contribution in [0.15, 0.2) is 24.5 Å². The fraction of sp³-hybridized carbons (Fsp3) is 0.667. The fourth-order valence-electron chi connectivity index (χ4n) is 3.91. The minimum atomic E-state index is -3.44. The van der Waals surface area contributed by atoms with Crippen LogP contribution < -0.4 is 0 Å². The molecule has 7 heteroatoms. The van der Waals surface area contributed by atoms with E-state index in [2.05, 4.69) is 4.98 Å². The molecule has 0 aromatic carbocycles. The van der Waals surface area contributed by atoms with Crippen molar-refractivity contribution in [1.82, 2.24) is 14.2 Å². The number of aromatic nitrogens is 1. The lowest BCUT2D eigenvalue weighted by Gasteiger charge is -2.35. The third-order valence-electron chi connectivity index (χ3n) is 5.38. The highest BCUT2D eigenvalue weighted by molar-refractivity contribution is 7.89. The number of piperidine rings is 1. The van der Waals surface area contributed by atoms with Gasteiger partial charge in [-0.2, -0.15) is 0 Å². The van der Waals surface area contributed by atoms with Crippen molar-refractivity contribution in [3.8, 4) is 0 Å². The quantitative estimate of drug-likeness (QED) is 0.800. The van der Waals surface area contributed by atoms with E-state index in [0.29, 0.717) is 26.1 Å². The number of hydrogen-bond donors (Lipinski definition) is 0. The smallest absolute Gasteiger partial charge is 0.225 e. The first-order chi connectivity index (χ1) is 12.0. The van der Waals surface area contributed by atoms with Crippen molar-refractivity contribution in [2.24, 2.45) is 5.92 Å². The minimum absolute atomic E-state index is 0.106. The molecule has 0 radical (unpaired) electrons. The molecule has 1 saturated carbocycles. The SMILES string of the molecule is CN(Cc1cccnc1)S(=O)(=O)[C@@H]1CCCN(C(=O)C2CCCC2)C1. The van der Waals surface area contributed by atoms with Crippen LogP contribution in [0.3, 0.4) is 0 Å². The Labute approximate surface area is 150 Å². The lowest BCUT2D eigenvalue weighted by Crippen LogP contribution is -2.49. The first-order valence-corrected chi connectivity index (χ1v) is 10.6. The van der Waals surface area contributed by atoms with E-state index in [9.17, 15) is 13.2 Å². The summed E-state index contributed by atoms with van der Waals surface area (Å²) >= 11 is 0. The van der Waals surface area contributed by atoms with Gasteiger partial charge >= 0.3 is 0 Å².